The van der Waals surface area contributed by atoms with Gasteiger partial charge in [-0.1, -0.05) is 6.07 Å². The number of aromatic nitrogens is 1. The molecule has 4 heteroatoms. The summed E-state index contributed by atoms with van der Waals surface area (Å²) in [6.45, 7) is 1.80. The van der Waals surface area contributed by atoms with Crippen LogP contribution >= 0.6 is 15.9 Å². The van der Waals surface area contributed by atoms with Crippen LogP contribution in [-0.2, 0) is 9.47 Å². The van der Waals surface area contributed by atoms with Gasteiger partial charge in [-0.3, -0.25) is 0 Å². The van der Waals surface area contributed by atoms with Gasteiger partial charge in [0.05, 0.1) is 13.2 Å². The predicted molar refractivity (Wildman–Crippen MR) is 51.4 cm³/mol. The van der Waals surface area contributed by atoms with Crippen molar-refractivity contribution in [2.24, 2.45) is 0 Å². The summed E-state index contributed by atoms with van der Waals surface area (Å²) in [5.74, 6) is 0.270. The summed E-state index contributed by atoms with van der Waals surface area (Å²) >= 11 is 3.34. The summed E-state index contributed by atoms with van der Waals surface area (Å²) in [6, 6.07) is 5.88. The van der Waals surface area contributed by atoms with E-state index >= 15 is 0 Å². The Bertz CT molecular complexity index is 287. The maximum Gasteiger partial charge on any atom is 0.146 e. The third-order valence-electron chi connectivity index (χ3n) is 1.96. The first-order chi connectivity index (χ1) is 6.36. The Hall–Kier alpha value is -0.450. The molecule has 0 aliphatic carbocycles. The molecule has 1 aliphatic heterocycles. The Morgan fingerprint density at radius 2 is 2.08 bits per heavy atom. The summed E-state index contributed by atoms with van der Waals surface area (Å²) in [4.78, 5) is 4.35. The Morgan fingerprint density at radius 3 is 2.77 bits per heavy atom. The molecular formula is C9H10BrNO2. The number of nitrogens with zero attached hydrogens (tertiary/aromatic N) is 1. The summed E-state index contributed by atoms with van der Waals surface area (Å²) < 4.78 is 11.3. The predicted octanol–water partition coefficient (Wildman–Crippen LogP) is 1.93. The topological polar surface area (TPSA) is 31.4 Å². The van der Waals surface area contributed by atoms with Gasteiger partial charge in [0.2, 0.25) is 0 Å². The molecule has 1 aromatic rings. The van der Waals surface area contributed by atoms with E-state index in [-0.39, 0.29) is 5.92 Å². The Balaban J connectivity index is 2.14. The number of hydrogen-bond acceptors (Lipinski definition) is 3. The minimum Gasteiger partial charge on any atom is -0.355 e. The lowest BCUT2D eigenvalue weighted by Gasteiger charge is -2.21. The van der Waals surface area contributed by atoms with Gasteiger partial charge in [0.15, 0.2) is 0 Å². The van der Waals surface area contributed by atoms with Crippen molar-refractivity contribution in [3.63, 3.8) is 0 Å². The first-order valence-electron chi connectivity index (χ1n) is 4.14. The maximum absolute atomic E-state index is 5.20. The van der Waals surface area contributed by atoms with E-state index in [1.54, 1.807) is 0 Å². The monoisotopic (exact) mass is 243 g/mol. The van der Waals surface area contributed by atoms with E-state index in [0.717, 1.165) is 10.3 Å². The number of rotatable bonds is 1. The summed E-state index contributed by atoms with van der Waals surface area (Å²) in [7, 11) is 0. The van der Waals surface area contributed by atoms with Gasteiger partial charge in [0.25, 0.3) is 0 Å². The second kappa shape index (κ2) is 4.17. The molecule has 0 saturated carbocycles. The highest BCUT2D eigenvalue weighted by Gasteiger charge is 2.17. The normalized spacial score (nSPS) is 18.8. The smallest absolute Gasteiger partial charge is 0.146 e. The Labute approximate surface area is 85.2 Å². The first-order valence-corrected chi connectivity index (χ1v) is 4.93. The highest BCUT2D eigenvalue weighted by molar-refractivity contribution is 9.10. The zero-order valence-corrected chi connectivity index (χ0v) is 8.66. The van der Waals surface area contributed by atoms with Crippen molar-refractivity contribution in [1.29, 1.82) is 0 Å². The van der Waals surface area contributed by atoms with Gasteiger partial charge < -0.3 is 9.47 Å². The van der Waals surface area contributed by atoms with Crippen molar-refractivity contribution >= 4 is 15.9 Å². The molecule has 0 aromatic carbocycles. The second-order valence-corrected chi connectivity index (χ2v) is 3.75. The van der Waals surface area contributed by atoms with E-state index < -0.39 is 0 Å². The molecule has 1 aliphatic rings. The fraction of sp³-hybridized carbons (Fsp3) is 0.444. The van der Waals surface area contributed by atoms with Crippen LogP contribution in [0.25, 0.3) is 0 Å². The van der Waals surface area contributed by atoms with E-state index in [9.17, 15) is 0 Å². The van der Waals surface area contributed by atoms with E-state index in [2.05, 4.69) is 20.9 Å². The Kier molecular flexibility index (Phi) is 2.93. The number of halogens is 1. The van der Waals surface area contributed by atoms with Gasteiger partial charge in [-0.15, -0.1) is 0 Å². The van der Waals surface area contributed by atoms with Gasteiger partial charge in [-0.05, 0) is 28.1 Å². The molecule has 0 spiro atoms. The number of ether oxygens (including phenoxy) is 2. The van der Waals surface area contributed by atoms with Crippen LogP contribution in [0.1, 0.15) is 11.6 Å². The molecule has 0 unspecified atom stereocenters. The van der Waals surface area contributed by atoms with Gasteiger partial charge in [-0.25, -0.2) is 4.98 Å². The molecule has 13 heavy (non-hydrogen) atoms. The quantitative estimate of drug-likeness (QED) is 0.707. The van der Waals surface area contributed by atoms with E-state index in [4.69, 9.17) is 9.47 Å². The number of pyridine rings is 1. The van der Waals surface area contributed by atoms with Crippen LogP contribution in [0.15, 0.2) is 22.8 Å². The molecule has 70 valence electrons. The molecule has 2 rings (SSSR count). The molecular weight excluding hydrogens is 234 g/mol. The summed E-state index contributed by atoms with van der Waals surface area (Å²) in [5, 5.41) is 0. The molecule has 3 nitrogen and oxygen atoms in total. The van der Waals surface area contributed by atoms with E-state index in [0.29, 0.717) is 20.0 Å². The molecule has 0 radical (unpaired) electrons. The summed E-state index contributed by atoms with van der Waals surface area (Å²) in [6.07, 6.45) is 0. The van der Waals surface area contributed by atoms with Crippen molar-refractivity contribution in [2.45, 2.75) is 5.92 Å². The van der Waals surface area contributed by atoms with Gasteiger partial charge in [-0.2, -0.15) is 0 Å². The average Bonchev–Trinajstić information content (AvgIpc) is 2.19. The van der Waals surface area contributed by atoms with Crippen LogP contribution in [0.5, 0.6) is 0 Å². The maximum atomic E-state index is 5.20. The van der Waals surface area contributed by atoms with Gasteiger partial charge in [0.1, 0.15) is 11.4 Å². The Morgan fingerprint density at radius 1 is 1.31 bits per heavy atom. The molecule has 0 amide bonds. The highest BCUT2D eigenvalue weighted by atomic mass is 79.9. The fourth-order valence-electron chi connectivity index (χ4n) is 1.31. The molecule has 2 heterocycles. The summed E-state index contributed by atoms with van der Waals surface area (Å²) in [5.41, 5.74) is 1.02. The number of hydrogen-bond donors (Lipinski definition) is 0. The largest absolute Gasteiger partial charge is 0.355 e. The minimum atomic E-state index is 0.270. The fourth-order valence-corrected chi connectivity index (χ4v) is 1.67. The molecule has 1 saturated heterocycles. The van der Waals surface area contributed by atoms with Crippen LogP contribution in [0.3, 0.4) is 0 Å². The average molecular weight is 244 g/mol. The third-order valence-corrected chi connectivity index (χ3v) is 2.40. The van der Waals surface area contributed by atoms with Crippen molar-refractivity contribution in [3.05, 3.63) is 28.5 Å². The lowest BCUT2D eigenvalue weighted by atomic mass is 10.1. The lowest BCUT2D eigenvalue weighted by molar-refractivity contribution is -0.108. The van der Waals surface area contributed by atoms with Crippen LogP contribution in [-0.4, -0.2) is 25.0 Å². The van der Waals surface area contributed by atoms with Crippen molar-refractivity contribution in [3.8, 4) is 0 Å². The lowest BCUT2D eigenvalue weighted by Crippen LogP contribution is -2.23. The van der Waals surface area contributed by atoms with Crippen molar-refractivity contribution in [2.75, 3.05) is 20.0 Å². The molecule has 0 N–H and O–H groups in total. The van der Waals surface area contributed by atoms with Gasteiger partial charge >= 0.3 is 0 Å². The van der Waals surface area contributed by atoms with E-state index in [1.807, 2.05) is 18.2 Å². The van der Waals surface area contributed by atoms with Crippen LogP contribution in [0.2, 0.25) is 0 Å². The molecule has 0 atom stereocenters. The zero-order chi connectivity index (χ0) is 9.10. The third kappa shape index (κ3) is 2.27. The van der Waals surface area contributed by atoms with Crippen LogP contribution in [0.4, 0.5) is 0 Å². The van der Waals surface area contributed by atoms with Crippen LogP contribution in [0, 0.1) is 0 Å². The zero-order valence-electron chi connectivity index (χ0n) is 7.07. The highest BCUT2D eigenvalue weighted by Crippen LogP contribution is 2.19. The van der Waals surface area contributed by atoms with Crippen molar-refractivity contribution < 1.29 is 9.47 Å². The molecule has 0 bridgehead atoms. The standard InChI is InChI=1S/C9H10BrNO2/c10-9-3-1-2-8(11-9)7-4-12-6-13-5-7/h1-3,7H,4-6H2. The molecule has 1 aromatic heterocycles. The van der Waals surface area contributed by atoms with Crippen molar-refractivity contribution in [1.82, 2.24) is 4.98 Å². The molecule has 1 fully saturated rings. The second-order valence-electron chi connectivity index (χ2n) is 2.94. The first kappa shape index (κ1) is 9.12. The van der Waals surface area contributed by atoms with Gasteiger partial charge in [0, 0.05) is 11.6 Å². The SMILES string of the molecule is Brc1cccc(C2COCOC2)n1. The van der Waals surface area contributed by atoms with Crippen LogP contribution < -0.4 is 0 Å². The van der Waals surface area contributed by atoms with E-state index in [1.165, 1.54) is 0 Å². The minimum absolute atomic E-state index is 0.270.